The second-order valence-corrected chi connectivity index (χ2v) is 6.14. The zero-order chi connectivity index (χ0) is 15.5. The number of nitrogens with zero attached hydrogens (tertiary/aromatic N) is 4. The zero-order valence-electron chi connectivity index (χ0n) is 11.5. The van der Waals surface area contributed by atoms with Crippen LogP contribution < -0.4 is 4.72 Å². The van der Waals surface area contributed by atoms with E-state index in [0.29, 0.717) is 18.5 Å². The molecule has 0 saturated carbocycles. The smallest absolute Gasteiger partial charge is 0.246 e. The number of sulfonamides is 1. The highest BCUT2D eigenvalue weighted by atomic mass is 35.5. The predicted molar refractivity (Wildman–Crippen MR) is 78.6 cm³/mol. The first-order valence-electron chi connectivity index (χ1n) is 6.33. The van der Waals surface area contributed by atoms with E-state index >= 15 is 0 Å². The number of hydrogen-bond donors (Lipinski definition) is 1. The Balaban J connectivity index is 2.35. The van der Waals surface area contributed by atoms with Gasteiger partial charge in [-0.2, -0.15) is 0 Å². The third kappa shape index (κ3) is 3.45. The Hall–Kier alpha value is -1.80. The summed E-state index contributed by atoms with van der Waals surface area (Å²) in [6.45, 7) is 3.85. The molecule has 9 heteroatoms. The van der Waals surface area contributed by atoms with Crippen LogP contribution >= 0.6 is 11.6 Å². The van der Waals surface area contributed by atoms with Crippen LogP contribution in [0.5, 0.6) is 0 Å². The van der Waals surface area contributed by atoms with Crippen molar-refractivity contribution < 1.29 is 8.42 Å². The fourth-order valence-corrected chi connectivity index (χ4v) is 3.12. The van der Waals surface area contributed by atoms with E-state index in [4.69, 9.17) is 11.6 Å². The molecule has 1 N–H and O–H groups in total. The third-order valence-electron chi connectivity index (χ3n) is 2.75. The lowest BCUT2D eigenvalue weighted by molar-refractivity contribution is 0.600. The SMILES string of the molecule is CCc1nnc(NS(=O)(=O)c2cccnc2Cl)nc1CC. The van der Waals surface area contributed by atoms with Gasteiger partial charge < -0.3 is 0 Å². The average molecular weight is 328 g/mol. The molecule has 0 radical (unpaired) electrons. The lowest BCUT2D eigenvalue weighted by Gasteiger charge is -2.09. The molecule has 7 nitrogen and oxygen atoms in total. The van der Waals surface area contributed by atoms with Crippen LogP contribution in [0.1, 0.15) is 25.2 Å². The molecule has 0 amide bonds. The van der Waals surface area contributed by atoms with Crippen LogP contribution in [-0.2, 0) is 22.9 Å². The van der Waals surface area contributed by atoms with Gasteiger partial charge in [-0.1, -0.05) is 25.4 Å². The van der Waals surface area contributed by atoms with Crippen molar-refractivity contribution in [2.24, 2.45) is 0 Å². The number of aryl methyl sites for hydroxylation is 2. The van der Waals surface area contributed by atoms with Crippen molar-refractivity contribution in [3.05, 3.63) is 34.9 Å². The highest BCUT2D eigenvalue weighted by Gasteiger charge is 2.20. The van der Waals surface area contributed by atoms with Crippen molar-refractivity contribution >= 4 is 27.6 Å². The van der Waals surface area contributed by atoms with Crippen LogP contribution in [-0.4, -0.2) is 28.6 Å². The number of nitrogens with one attached hydrogen (secondary N) is 1. The van der Waals surface area contributed by atoms with Gasteiger partial charge in [-0.3, -0.25) is 0 Å². The normalized spacial score (nSPS) is 11.4. The van der Waals surface area contributed by atoms with Crippen molar-refractivity contribution in [1.82, 2.24) is 20.2 Å². The number of anilines is 1. The van der Waals surface area contributed by atoms with Crippen molar-refractivity contribution in [2.45, 2.75) is 31.6 Å². The maximum Gasteiger partial charge on any atom is 0.267 e. The molecule has 0 fully saturated rings. The highest BCUT2D eigenvalue weighted by Crippen LogP contribution is 2.20. The molecule has 0 bridgehead atoms. The minimum absolute atomic E-state index is 0.0797. The van der Waals surface area contributed by atoms with E-state index in [-0.39, 0.29) is 16.0 Å². The van der Waals surface area contributed by atoms with Crippen LogP contribution in [0.25, 0.3) is 0 Å². The zero-order valence-corrected chi connectivity index (χ0v) is 13.1. The fraction of sp³-hybridized carbons (Fsp3) is 0.333. The molecule has 2 aromatic heterocycles. The topological polar surface area (TPSA) is 97.7 Å². The Morgan fingerprint density at radius 2 is 1.90 bits per heavy atom. The second-order valence-electron chi connectivity index (χ2n) is 4.13. The van der Waals surface area contributed by atoms with Crippen molar-refractivity contribution in [2.75, 3.05) is 4.72 Å². The standard InChI is InChI=1S/C12H14ClN5O2S/c1-3-8-9(4-2)16-17-12(15-8)18-21(19,20)10-6-5-7-14-11(10)13/h5-7H,3-4H2,1-2H3,(H,15,17,18). The molecule has 2 heterocycles. The molecule has 0 saturated heterocycles. The quantitative estimate of drug-likeness (QED) is 0.841. The van der Waals surface area contributed by atoms with Crippen molar-refractivity contribution in [3.8, 4) is 0 Å². The van der Waals surface area contributed by atoms with Gasteiger partial charge in [0.2, 0.25) is 0 Å². The molecule has 0 aromatic carbocycles. The summed E-state index contributed by atoms with van der Waals surface area (Å²) < 4.78 is 26.7. The summed E-state index contributed by atoms with van der Waals surface area (Å²) in [5.74, 6) is -0.0797. The number of rotatable bonds is 5. The van der Waals surface area contributed by atoms with Gasteiger partial charge >= 0.3 is 0 Å². The molecule has 0 atom stereocenters. The summed E-state index contributed by atoms with van der Waals surface area (Å²) in [5.41, 5.74) is 1.46. The van der Waals surface area contributed by atoms with E-state index in [1.165, 1.54) is 18.3 Å². The van der Waals surface area contributed by atoms with Crippen molar-refractivity contribution in [1.29, 1.82) is 0 Å². The van der Waals surface area contributed by atoms with Crippen LogP contribution in [0.15, 0.2) is 23.2 Å². The summed E-state index contributed by atoms with van der Waals surface area (Å²) >= 11 is 5.79. The highest BCUT2D eigenvalue weighted by molar-refractivity contribution is 7.92. The number of aromatic nitrogens is 4. The van der Waals surface area contributed by atoms with Gasteiger partial charge in [-0.25, -0.2) is 23.1 Å². The van der Waals surface area contributed by atoms with Gasteiger partial charge in [0.05, 0.1) is 11.4 Å². The molecular formula is C12H14ClN5O2S. The Kier molecular flexibility index (Phi) is 4.69. The molecule has 0 aliphatic rings. The Morgan fingerprint density at radius 3 is 2.52 bits per heavy atom. The number of hydrogen-bond acceptors (Lipinski definition) is 6. The maximum atomic E-state index is 12.2. The van der Waals surface area contributed by atoms with E-state index in [1.54, 1.807) is 0 Å². The molecular weight excluding hydrogens is 314 g/mol. The minimum atomic E-state index is -3.90. The largest absolute Gasteiger partial charge is 0.267 e. The van der Waals surface area contributed by atoms with Crippen LogP contribution in [0.2, 0.25) is 5.15 Å². The molecule has 112 valence electrons. The molecule has 0 aliphatic heterocycles. The predicted octanol–water partition coefficient (Wildman–Crippen LogP) is 1.85. The van der Waals surface area contributed by atoms with E-state index in [1.807, 2.05) is 13.8 Å². The van der Waals surface area contributed by atoms with E-state index in [2.05, 4.69) is 24.9 Å². The van der Waals surface area contributed by atoms with Crippen molar-refractivity contribution in [3.63, 3.8) is 0 Å². The van der Waals surface area contributed by atoms with Crippen LogP contribution in [0.4, 0.5) is 5.95 Å². The molecule has 0 spiro atoms. The molecule has 2 aromatic rings. The molecule has 2 rings (SSSR count). The van der Waals surface area contributed by atoms with Gasteiger partial charge in [-0.15, -0.1) is 10.2 Å². The van der Waals surface area contributed by atoms with E-state index in [0.717, 1.165) is 5.69 Å². The summed E-state index contributed by atoms with van der Waals surface area (Å²) in [5, 5.41) is 7.65. The monoisotopic (exact) mass is 327 g/mol. The summed E-state index contributed by atoms with van der Waals surface area (Å²) in [7, 11) is -3.90. The lowest BCUT2D eigenvalue weighted by Crippen LogP contribution is -2.17. The summed E-state index contributed by atoms with van der Waals surface area (Å²) in [6.07, 6.45) is 2.73. The summed E-state index contributed by atoms with van der Waals surface area (Å²) in [4.78, 5) is 7.78. The van der Waals surface area contributed by atoms with Gasteiger partial charge in [0, 0.05) is 6.20 Å². The second kappa shape index (κ2) is 6.31. The Bertz CT molecular complexity index is 751. The Labute approximate surface area is 127 Å². The minimum Gasteiger partial charge on any atom is -0.246 e. The number of pyridine rings is 1. The van der Waals surface area contributed by atoms with Gasteiger partial charge in [-0.05, 0) is 25.0 Å². The first-order chi connectivity index (χ1) is 9.97. The third-order valence-corrected chi connectivity index (χ3v) is 4.52. The molecule has 0 unspecified atom stereocenters. The van der Waals surface area contributed by atoms with E-state index < -0.39 is 10.0 Å². The van der Waals surface area contributed by atoms with Crippen LogP contribution in [0, 0.1) is 0 Å². The van der Waals surface area contributed by atoms with Gasteiger partial charge in [0.1, 0.15) is 10.0 Å². The van der Waals surface area contributed by atoms with Crippen LogP contribution in [0.3, 0.4) is 0 Å². The first kappa shape index (κ1) is 15.6. The number of halogens is 1. The lowest BCUT2D eigenvalue weighted by atomic mass is 10.2. The maximum absolute atomic E-state index is 12.2. The average Bonchev–Trinajstić information content (AvgIpc) is 2.47. The fourth-order valence-electron chi connectivity index (χ4n) is 1.73. The first-order valence-corrected chi connectivity index (χ1v) is 8.19. The molecule has 0 aliphatic carbocycles. The van der Waals surface area contributed by atoms with Gasteiger partial charge in [0.25, 0.3) is 16.0 Å². The van der Waals surface area contributed by atoms with E-state index in [9.17, 15) is 8.42 Å². The summed E-state index contributed by atoms with van der Waals surface area (Å²) in [6, 6.07) is 2.84. The molecule has 21 heavy (non-hydrogen) atoms. The Morgan fingerprint density at radius 1 is 1.19 bits per heavy atom. The van der Waals surface area contributed by atoms with Gasteiger partial charge in [0.15, 0.2) is 0 Å².